The average Bonchev–Trinajstić information content (AvgIpc) is 2.78. The zero-order valence-electron chi connectivity index (χ0n) is 18.4. The molecule has 172 valence electrons. The zero-order valence-corrected chi connectivity index (χ0v) is 18.4. The van der Waals surface area contributed by atoms with E-state index in [-0.39, 0.29) is 35.1 Å². The number of ether oxygens (including phenoxy) is 1. The summed E-state index contributed by atoms with van der Waals surface area (Å²) < 4.78 is 46.6. The molecule has 6 nitrogen and oxygen atoms in total. The lowest BCUT2D eigenvalue weighted by atomic mass is 9.91. The number of rotatable bonds is 3. The highest BCUT2D eigenvalue weighted by molar-refractivity contribution is 5.88. The summed E-state index contributed by atoms with van der Waals surface area (Å²) in [4.78, 5) is 19.1. The van der Waals surface area contributed by atoms with E-state index in [1.807, 2.05) is 19.9 Å². The molecule has 1 saturated heterocycles. The van der Waals surface area contributed by atoms with Gasteiger partial charge in [-0.25, -0.2) is 4.98 Å². The molecule has 1 aliphatic heterocycles. The maximum Gasteiger partial charge on any atom is 0.416 e. The molecule has 33 heavy (non-hydrogen) atoms. The number of aromatic nitrogens is 2. The highest BCUT2D eigenvalue weighted by atomic mass is 19.4. The Morgan fingerprint density at radius 3 is 2.64 bits per heavy atom. The number of piperidine rings is 1. The van der Waals surface area contributed by atoms with Crippen LogP contribution in [0.3, 0.4) is 0 Å². The first-order valence-corrected chi connectivity index (χ1v) is 10.6. The first kappa shape index (κ1) is 22.6. The Hall–Kier alpha value is -3.54. The van der Waals surface area contributed by atoms with Crippen LogP contribution in [0.5, 0.6) is 5.75 Å². The van der Waals surface area contributed by atoms with Crippen LogP contribution in [0.25, 0.3) is 11.0 Å². The van der Waals surface area contributed by atoms with Gasteiger partial charge in [-0.15, -0.1) is 0 Å². The van der Waals surface area contributed by atoms with Crippen LogP contribution >= 0.6 is 0 Å². The van der Waals surface area contributed by atoms with Gasteiger partial charge >= 0.3 is 6.18 Å². The molecule has 1 aromatic carbocycles. The zero-order chi connectivity index (χ0) is 23.9. The van der Waals surface area contributed by atoms with E-state index in [0.717, 1.165) is 12.1 Å². The van der Waals surface area contributed by atoms with Crippen LogP contribution in [-0.4, -0.2) is 28.2 Å². The standard InChI is InChI=1S/C24H23F3N4O2/c1-14-13-31(20-11-22(32)30(3)19-8-7-17(12-28)29-23(19)20)15(2)9-21(14)33-18-6-4-5-16(10-18)24(25,26)27/h4-8,10-11,14-15,21H,9,13H2,1-3H3/t14-,15-,21+/m1/s1. The summed E-state index contributed by atoms with van der Waals surface area (Å²) >= 11 is 0. The van der Waals surface area contributed by atoms with E-state index in [1.54, 1.807) is 19.2 Å². The number of aryl methyl sites for hydroxylation is 1. The van der Waals surface area contributed by atoms with E-state index in [1.165, 1.54) is 22.8 Å². The van der Waals surface area contributed by atoms with Crippen LogP contribution in [0.2, 0.25) is 0 Å². The molecule has 2 aromatic heterocycles. The summed E-state index contributed by atoms with van der Waals surface area (Å²) in [5.74, 6) is 0.149. The smallest absolute Gasteiger partial charge is 0.416 e. The van der Waals surface area contributed by atoms with Crippen LogP contribution < -0.4 is 15.2 Å². The van der Waals surface area contributed by atoms with E-state index in [9.17, 15) is 23.2 Å². The summed E-state index contributed by atoms with van der Waals surface area (Å²) in [6, 6.07) is 11.7. The van der Waals surface area contributed by atoms with Gasteiger partial charge in [-0.1, -0.05) is 13.0 Å². The molecular weight excluding hydrogens is 433 g/mol. The summed E-state index contributed by atoms with van der Waals surface area (Å²) in [6.45, 7) is 4.46. The predicted octanol–water partition coefficient (Wildman–Crippen LogP) is 4.51. The molecule has 0 N–H and O–H groups in total. The van der Waals surface area contributed by atoms with E-state index in [4.69, 9.17) is 4.74 Å². The van der Waals surface area contributed by atoms with Crippen molar-refractivity contribution in [1.29, 1.82) is 5.26 Å². The average molecular weight is 456 g/mol. The third kappa shape index (κ3) is 4.38. The fourth-order valence-corrected chi connectivity index (χ4v) is 4.32. The molecule has 4 rings (SSSR count). The summed E-state index contributed by atoms with van der Waals surface area (Å²) in [5, 5.41) is 9.28. The molecule has 0 bridgehead atoms. The van der Waals surface area contributed by atoms with Crippen LogP contribution in [0.4, 0.5) is 18.9 Å². The van der Waals surface area contributed by atoms with Gasteiger partial charge in [-0.3, -0.25) is 4.79 Å². The fourth-order valence-electron chi connectivity index (χ4n) is 4.32. The molecule has 0 saturated carbocycles. The summed E-state index contributed by atoms with van der Waals surface area (Å²) in [5.41, 5.74) is 1.15. The molecule has 0 amide bonds. The molecule has 9 heteroatoms. The van der Waals surface area contributed by atoms with Crippen LogP contribution in [-0.2, 0) is 13.2 Å². The van der Waals surface area contributed by atoms with Gasteiger partial charge in [-0.05, 0) is 37.3 Å². The third-order valence-corrected chi connectivity index (χ3v) is 6.17. The van der Waals surface area contributed by atoms with E-state index in [2.05, 4.69) is 9.88 Å². The lowest BCUT2D eigenvalue weighted by Gasteiger charge is -2.43. The van der Waals surface area contributed by atoms with Gasteiger partial charge in [0.05, 0.1) is 16.8 Å². The summed E-state index contributed by atoms with van der Waals surface area (Å²) in [6.07, 6.45) is -4.18. The normalized spacial score (nSPS) is 21.1. The van der Waals surface area contributed by atoms with Crippen LogP contribution in [0.15, 0.2) is 47.3 Å². The Bertz CT molecular complexity index is 1300. The van der Waals surface area contributed by atoms with Gasteiger partial charge in [0.1, 0.15) is 29.1 Å². The minimum atomic E-state index is -4.43. The summed E-state index contributed by atoms with van der Waals surface area (Å²) in [7, 11) is 1.66. The molecule has 1 aliphatic rings. The monoisotopic (exact) mass is 456 g/mol. The number of benzene rings is 1. The quantitative estimate of drug-likeness (QED) is 0.580. The minimum absolute atomic E-state index is 0.0333. The molecule has 1 fully saturated rings. The molecule has 3 atom stereocenters. The van der Waals surface area contributed by atoms with Gasteiger partial charge in [0, 0.05) is 38.0 Å². The van der Waals surface area contributed by atoms with E-state index < -0.39 is 11.7 Å². The van der Waals surface area contributed by atoms with Gasteiger partial charge in [0.15, 0.2) is 0 Å². The molecule has 0 unspecified atom stereocenters. The lowest BCUT2D eigenvalue weighted by Crippen LogP contribution is -2.50. The van der Waals surface area contributed by atoms with Crippen molar-refractivity contribution in [2.24, 2.45) is 13.0 Å². The Morgan fingerprint density at radius 1 is 1.18 bits per heavy atom. The van der Waals surface area contributed by atoms with Crippen LogP contribution in [0.1, 0.15) is 31.5 Å². The lowest BCUT2D eigenvalue weighted by molar-refractivity contribution is -0.137. The van der Waals surface area contributed by atoms with Crippen molar-refractivity contribution in [3.63, 3.8) is 0 Å². The fraction of sp³-hybridized carbons (Fsp3) is 0.375. The minimum Gasteiger partial charge on any atom is -0.490 e. The molecular formula is C24H23F3N4O2. The molecule has 0 aliphatic carbocycles. The number of anilines is 1. The maximum absolute atomic E-state index is 13.1. The second-order valence-electron chi connectivity index (χ2n) is 8.50. The Morgan fingerprint density at radius 2 is 1.94 bits per heavy atom. The van der Waals surface area contributed by atoms with Crippen LogP contribution in [0, 0.1) is 17.2 Å². The van der Waals surface area contributed by atoms with Gasteiger partial charge in [-0.2, -0.15) is 18.4 Å². The molecule has 0 radical (unpaired) electrons. The van der Waals surface area contributed by atoms with E-state index >= 15 is 0 Å². The van der Waals surface area contributed by atoms with Crippen molar-refractivity contribution in [3.05, 3.63) is 64.1 Å². The largest absolute Gasteiger partial charge is 0.490 e. The molecule has 3 aromatic rings. The Kier molecular flexibility index (Phi) is 5.78. The highest BCUT2D eigenvalue weighted by Gasteiger charge is 2.35. The SMILES string of the molecule is C[C@@H]1CN(c2cc(=O)n(C)c3ccc(C#N)nc23)[C@H](C)C[C@@H]1Oc1cccc(C(F)(F)F)c1. The number of hydrogen-bond donors (Lipinski definition) is 0. The van der Waals surface area contributed by atoms with Gasteiger partial charge < -0.3 is 14.2 Å². The first-order valence-electron chi connectivity index (χ1n) is 10.6. The number of halogens is 3. The van der Waals surface area contributed by atoms with Crippen molar-refractivity contribution in [2.45, 2.75) is 38.6 Å². The molecule has 0 spiro atoms. The number of fused-ring (bicyclic) bond motifs is 1. The number of alkyl halides is 3. The second kappa shape index (κ2) is 8.43. The van der Waals surface area contributed by atoms with Crippen molar-refractivity contribution < 1.29 is 17.9 Å². The van der Waals surface area contributed by atoms with E-state index in [0.29, 0.717) is 29.7 Å². The predicted molar refractivity (Wildman–Crippen MR) is 118 cm³/mol. The van der Waals surface area contributed by atoms with Crippen molar-refractivity contribution in [3.8, 4) is 11.8 Å². The maximum atomic E-state index is 13.1. The van der Waals surface area contributed by atoms with Gasteiger partial charge in [0.2, 0.25) is 0 Å². The van der Waals surface area contributed by atoms with Crippen molar-refractivity contribution in [1.82, 2.24) is 9.55 Å². The first-order chi connectivity index (χ1) is 15.6. The van der Waals surface area contributed by atoms with Crippen molar-refractivity contribution in [2.75, 3.05) is 11.4 Å². The second-order valence-corrected chi connectivity index (χ2v) is 8.50. The third-order valence-electron chi connectivity index (χ3n) is 6.17. The topological polar surface area (TPSA) is 71.2 Å². The highest BCUT2D eigenvalue weighted by Crippen LogP contribution is 2.35. The Balaban J connectivity index is 1.63. The number of pyridine rings is 2. The Labute approximate surface area is 188 Å². The number of nitrogens with zero attached hydrogens (tertiary/aromatic N) is 4. The number of nitriles is 1. The van der Waals surface area contributed by atoms with Gasteiger partial charge in [0.25, 0.3) is 5.56 Å². The number of hydrogen-bond acceptors (Lipinski definition) is 5. The molecule has 3 heterocycles. The van der Waals surface area contributed by atoms with Crippen molar-refractivity contribution >= 4 is 16.7 Å².